The highest BCUT2D eigenvalue weighted by Crippen LogP contribution is 2.17. The Hall–Kier alpha value is -1.81. The van der Waals surface area contributed by atoms with Gasteiger partial charge in [0.15, 0.2) is 0 Å². The quantitative estimate of drug-likeness (QED) is 0.880. The molecule has 4 heteroatoms. The number of amides is 1. The zero-order valence-corrected chi connectivity index (χ0v) is 12.9. The molecule has 0 atom stereocenters. The zero-order chi connectivity index (χ0) is 14.5. The lowest BCUT2D eigenvalue weighted by atomic mass is 10.1. The van der Waals surface area contributed by atoms with E-state index in [4.69, 9.17) is 0 Å². The third-order valence-corrected chi connectivity index (χ3v) is 4.17. The SMILES string of the molecule is CCNc1ccc(C(=O)NCc2cscc2C)cc1C. The fourth-order valence-electron chi connectivity index (χ4n) is 2.04. The molecule has 2 aromatic rings. The number of aryl methyl sites for hydroxylation is 2. The minimum Gasteiger partial charge on any atom is -0.385 e. The summed E-state index contributed by atoms with van der Waals surface area (Å²) in [6.45, 7) is 7.60. The fraction of sp³-hybridized carbons (Fsp3) is 0.312. The van der Waals surface area contributed by atoms with Crippen LogP contribution in [0.2, 0.25) is 0 Å². The predicted molar refractivity (Wildman–Crippen MR) is 85.6 cm³/mol. The van der Waals surface area contributed by atoms with Gasteiger partial charge in [-0.2, -0.15) is 11.3 Å². The van der Waals surface area contributed by atoms with E-state index in [9.17, 15) is 4.79 Å². The first-order valence-electron chi connectivity index (χ1n) is 6.76. The Bertz CT molecular complexity index is 604. The molecule has 1 amide bonds. The summed E-state index contributed by atoms with van der Waals surface area (Å²) in [5.41, 5.74) is 5.29. The van der Waals surface area contributed by atoms with Crippen molar-refractivity contribution in [2.24, 2.45) is 0 Å². The van der Waals surface area contributed by atoms with Crippen LogP contribution in [0.3, 0.4) is 0 Å². The van der Waals surface area contributed by atoms with E-state index in [1.165, 1.54) is 11.1 Å². The van der Waals surface area contributed by atoms with Crippen molar-refractivity contribution in [3.63, 3.8) is 0 Å². The third-order valence-electron chi connectivity index (χ3n) is 3.26. The number of hydrogen-bond donors (Lipinski definition) is 2. The predicted octanol–water partition coefficient (Wildman–Crippen LogP) is 3.73. The van der Waals surface area contributed by atoms with Gasteiger partial charge in [-0.1, -0.05) is 0 Å². The minimum atomic E-state index is -0.0262. The van der Waals surface area contributed by atoms with Gasteiger partial charge >= 0.3 is 0 Å². The van der Waals surface area contributed by atoms with Gasteiger partial charge in [0.25, 0.3) is 5.91 Å². The van der Waals surface area contributed by atoms with Crippen molar-refractivity contribution in [1.82, 2.24) is 5.32 Å². The maximum absolute atomic E-state index is 12.1. The van der Waals surface area contributed by atoms with E-state index in [0.29, 0.717) is 12.1 Å². The number of thiophene rings is 1. The van der Waals surface area contributed by atoms with Gasteiger partial charge in [0.1, 0.15) is 0 Å². The van der Waals surface area contributed by atoms with Crippen molar-refractivity contribution in [1.29, 1.82) is 0 Å². The number of nitrogens with one attached hydrogen (secondary N) is 2. The highest BCUT2D eigenvalue weighted by Gasteiger charge is 2.08. The molecule has 0 saturated carbocycles. The van der Waals surface area contributed by atoms with Crippen molar-refractivity contribution in [2.45, 2.75) is 27.3 Å². The second-order valence-electron chi connectivity index (χ2n) is 4.82. The number of hydrogen-bond acceptors (Lipinski definition) is 3. The van der Waals surface area contributed by atoms with Crippen LogP contribution in [0.5, 0.6) is 0 Å². The molecule has 0 aliphatic carbocycles. The summed E-state index contributed by atoms with van der Waals surface area (Å²) in [6, 6.07) is 5.75. The normalized spacial score (nSPS) is 10.3. The van der Waals surface area contributed by atoms with Crippen LogP contribution in [0.4, 0.5) is 5.69 Å². The molecule has 0 aliphatic rings. The van der Waals surface area contributed by atoms with Gasteiger partial charge in [-0.25, -0.2) is 0 Å². The molecule has 1 aromatic carbocycles. The molecule has 1 heterocycles. The molecule has 0 fully saturated rings. The van der Waals surface area contributed by atoms with E-state index in [1.807, 2.05) is 25.1 Å². The summed E-state index contributed by atoms with van der Waals surface area (Å²) in [7, 11) is 0. The molecule has 0 aliphatic heterocycles. The summed E-state index contributed by atoms with van der Waals surface area (Å²) in [5, 5.41) is 10.4. The molecule has 1 aromatic heterocycles. The van der Waals surface area contributed by atoms with Crippen LogP contribution in [0.1, 0.15) is 34.0 Å². The highest BCUT2D eigenvalue weighted by atomic mass is 32.1. The van der Waals surface area contributed by atoms with E-state index in [0.717, 1.165) is 17.8 Å². The molecule has 0 spiro atoms. The van der Waals surface area contributed by atoms with Gasteiger partial charge in [0.05, 0.1) is 0 Å². The largest absolute Gasteiger partial charge is 0.385 e. The smallest absolute Gasteiger partial charge is 0.251 e. The van der Waals surface area contributed by atoms with E-state index in [2.05, 4.69) is 35.2 Å². The van der Waals surface area contributed by atoms with Gasteiger partial charge in [0.2, 0.25) is 0 Å². The summed E-state index contributed by atoms with van der Waals surface area (Å²) >= 11 is 1.66. The van der Waals surface area contributed by atoms with Crippen LogP contribution in [-0.2, 0) is 6.54 Å². The molecule has 0 unspecified atom stereocenters. The number of rotatable bonds is 5. The molecular formula is C16H20N2OS. The third kappa shape index (κ3) is 3.39. The first-order chi connectivity index (χ1) is 9.61. The first kappa shape index (κ1) is 14.6. The Morgan fingerprint density at radius 2 is 2.00 bits per heavy atom. The summed E-state index contributed by atoms with van der Waals surface area (Å²) in [6.07, 6.45) is 0. The molecule has 2 rings (SSSR count). The van der Waals surface area contributed by atoms with Crippen LogP contribution in [-0.4, -0.2) is 12.5 Å². The molecule has 0 saturated heterocycles. The first-order valence-corrected chi connectivity index (χ1v) is 7.70. The number of carbonyl (C=O) groups excluding carboxylic acids is 1. The molecule has 3 nitrogen and oxygen atoms in total. The Morgan fingerprint density at radius 1 is 1.20 bits per heavy atom. The maximum Gasteiger partial charge on any atom is 0.251 e. The Labute approximate surface area is 124 Å². The van der Waals surface area contributed by atoms with Crippen LogP contribution in [0, 0.1) is 13.8 Å². The van der Waals surface area contributed by atoms with E-state index in [1.54, 1.807) is 11.3 Å². The summed E-state index contributed by atoms with van der Waals surface area (Å²) in [4.78, 5) is 12.1. The lowest BCUT2D eigenvalue weighted by molar-refractivity contribution is 0.0951. The zero-order valence-electron chi connectivity index (χ0n) is 12.1. The van der Waals surface area contributed by atoms with Gasteiger partial charge < -0.3 is 10.6 Å². The van der Waals surface area contributed by atoms with Crippen molar-refractivity contribution >= 4 is 22.9 Å². The van der Waals surface area contributed by atoms with Crippen molar-refractivity contribution in [2.75, 3.05) is 11.9 Å². The molecule has 0 radical (unpaired) electrons. The van der Waals surface area contributed by atoms with Crippen molar-refractivity contribution < 1.29 is 4.79 Å². The molecule has 106 valence electrons. The fourth-order valence-corrected chi connectivity index (χ4v) is 2.90. The van der Waals surface area contributed by atoms with E-state index in [-0.39, 0.29) is 5.91 Å². The highest BCUT2D eigenvalue weighted by molar-refractivity contribution is 7.08. The maximum atomic E-state index is 12.1. The average Bonchev–Trinajstić information content (AvgIpc) is 2.84. The standard InChI is InChI=1S/C16H20N2OS/c1-4-17-15-6-5-13(7-11(15)2)16(19)18-8-14-10-20-9-12(14)3/h5-7,9-10,17H,4,8H2,1-3H3,(H,18,19). The Morgan fingerprint density at radius 3 is 2.60 bits per heavy atom. The van der Waals surface area contributed by atoms with Gasteiger partial charge in [0, 0.05) is 24.3 Å². The van der Waals surface area contributed by atoms with Crippen LogP contribution in [0.15, 0.2) is 29.0 Å². The monoisotopic (exact) mass is 288 g/mol. The van der Waals surface area contributed by atoms with E-state index >= 15 is 0 Å². The summed E-state index contributed by atoms with van der Waals surface area (Å²) < 4.78 is 0. The molecular weight excluding hydrogens is 268 g/mol. The topological polar surface area (TPSA) is 41.1 Å². The van der Waals surface area contributed by atoms with Crippen LogP contribution >= 0.6 is 11.3 Å². The number of benzene rings is 1. The van der Waals surface area contributed by atoms with Crippen LogP contribution < -0.4 is 10.6 Å². The van der Waals surface area contributed by atoms with Gasteiger partial charge in [-0.3, -0.25) is 4.79 Å². The van der Waals surface area contributed by atoms with Crippen LogP contribution in [0.25, 0.3) is 0 Å². The van der Waals surface area contributed by atoms with Gasteiger partial charge in [-0.05, 0) is 66.4 Å². The average molecular weight is 288 g/mol. The number of anilines is 1. The lowest BCUT2D eigenvalue weighted by Crippen LogP contribution is -2.23. The lowest BCUT2D eigenvalue weighted by Gasteiger charge is -2.10. The molecule has 20 heavy (non-hydrogen) atoms. The molecule has 2 N–H and O–H groups in total. The second-order valence-corrected chi connectivity index (χ2v) is 5.57. The second kappa shape index (κ2) is 6.57. The minimum absolute atomic E-state index is 0.0262. The summed E-state index contributed by atoms with van der Waals surface area (Å²) in [5.74, 6) is -0.0262. The number of carbonyl (C=O) groups is 1. The Balaban J connectivity index is 2.02. The Kier molecular flexibility index (Phi) is 4.79. The van der Waals surface area contributed by atoms with E-state index < -0.39 is 0 Å². The molecule has 0 bridgehead atoms. The van der Waals surface area contributed by atoms with Crippen molar-refractivity contribution in [3.8, 4) is 0 Å². The van der Waals surface area contributed by atoms with Gasteiger partial charge in [-0.15, -0.1) is 0 Å². The van der Waals surface area contributed by atoms with Crippen molar-refractivity contribution in [3.05, 3.63) is 51.2 Å².